The van der Waals surface area contributed by atoms with E-state index in [0.717, 1.165) is 5.75 Å². The molecule has 0 aliphatic heterocycles. The van der Waals surface area contributed by atoms with E-state index in [1.54, 1.807) is 0 Å². The first-order chi connectivity index (χ1) is 10.1. The van der Waals surface area contributed by atoms with Crippen LogP contribution in [0.15, 0.2) is 54.6 Å². The third-order valence-corrected chi connectivity index (χ3v) is 3.55. The number of hydrogen-bond acceptors (Lipinski definition) is 2. The van der Waals surface area contributed by atoms with Crippen molar-refractivity contribution in [1.82, 2.24) is 5.32 Å². The average Bonchev–Trinajstić information content (AvgIpc) is 2.48. The summed E-state index contributed by atoms with van der Waals surface area (Å²) < 4.78 is 5.91. The van der Waals surface area contributed by atoms with Gasteiger partial charge in [-0.3, -0.25) is 0 Å². The van der Waals surface area contributed by atoms with Crippen LogP contribution >= 0.6 is 0 Å². The van der Waals surface area contributed by atoms with Gasteiger partial charge in [0, 0.05) is 17.6 Å². The molecule has 2 aromatic carbocycles. The second kappa shape index (κ2) is 7.28. The molecule has 0 radical (unpaired) electrons. The summed E-state index contributed by atoms with van der Waals surface area (Å²) in [5.41, 5.74) is 2.50. The molecule has 0 spiro atoms. The molecule has 112 valence electrons. The average molecular weight is 283 g/mol. The van der Waals surface area contributed by atoms with Gasteiger partial charge >= 0.3 is 0 Å². The van der Waals surface area contributed by atoms with Gasteiger partial charge in [0.25, 0.3) is 0 Å². The molecule has 2 rings (SSSR count). The lowest BCUT2D eigenvalue weighted by Crippen LogP contribution is -2.23. The monoisotopic (exact) mass is 283 g/mol. The van der Waals surface area contributed by atoms with Crippen LogP contribution in [-0.2, 0) is 0 Å². The number of para-hydroxylation sites is 1. The molecule has 2 aromatic rings. The van der Waals surface area contributed by atoms with Crippen LogP contribution in [0.4, 0.5) is 0 Å². The Hall–Kier alpha value is -1.80. The van der Waals surface area contributed by atoms with E-state index < -0.39 is 0 Å². The second-order valence-corrected chi connectivity index (χ2v) is 5.73. The minimum absolute atomic E-state index is 0.185. The Kier molecular flexibility index (Phi) is 5.40. The van der Waals surface area contributed by atoms with E-state index in [0.29, 0.717) is 6.04 Å². The first kappa shape index (κ1) is 15.6. The first-order valence-corrected chi connectivity index (χ1v) is 7.64. The molecule has 1 N–H and O–H groups in total. The molecule has 2 unspecified atom stereocenters. The maximum Gasteiger partial charge on any atom is 0.124 e. The van der Waals surface area contributed by atoms with E-state index >= 15 is 0 Å². The van der Waals surface area contributed by atoms with E-state index in [1.807, 2.05) is 18.2 Å². The lowest BCUT2D eigenvalue weighted by molar-refractivity contribution is 0.237. The summed E-state index contributed by atoms with van der Waals surface area (Å²) in [6, 6.07) is 19.3. The molecule has 2 atom stereocenters. The van der Waals surface area contributed by atoms with Gasteiger partial charge in [-0.2, -0.15) is 0 Å². The van der Waals surface area contributed by atoms with Crippen LogP contribution < -0.4 is 10.1 Å². The van der Waals surface area contributed by atoms with E-state index in [2.05, 4.69) is 69.4 Å². The summed E-state index contributed by atoms with van der Waals surface area (Å²) in [5.74, 6) is 0.966. The second-order valence-electron chi connectivity index (χ2n) is 5.73. The molecule has 0 saturated carbocycles. The van der Waals surface area contributed by atoms with Crippen LogP contribution in [0.2, 0.25) is 0 Å². The maximum absolute atomic E-state index is 5.91. The topological polar surface area (TPSA) is 21.3 Å². The van der Waals surface area contributed by atoms with Gasteiger partial charge in [0.15, 0.2) is 0 Å². The molecule has 0 aromatic heterocycles. The summed E-state index contributed by atoms with van der Waals surface area (Å²) in [4.78, 5) is 0. The van der Waals surface area contributed by atoms with E-state index in [4.69, 9.17) is 4.74 Å². The van der Waals surface area contributed by atoms with E-state index in [9.17, 15) is 0 Å². The van der Waals surface area contributed by atoms with Gasteiger partial charge in [-0.25, -0.2) is 0 Å². The SMILES string of the molecule is CC(C)Oc1ccccc1C(C)NC(C)c1ccccc1. The fraction of sp³-hybridized carbons (Fsp3) is 0.368. The maximum atomic E-state index is 5.91. The first-order valence-electron chi connectivity index (χ1n) is 7.64. The molecular formula is C19H25NO. The smallest absolute Gasteiger partial charge is 0.124 e. The molecule has 21 heavy (non-hydrogen) atoms. The third-order valence-electron chi connectivity index (χ3n) is 3.55. The lowest BCUT2D eigenvalue weighted by Gasteiger charge is -2.23. The Balaban J connectivity index is 2.11. The Bertz CT molecular complexity index is 551. The summed E-state index contributed by atoms with van der Waals surface area (Å²) in [7, 11) is 0. The van der Waals surface area contributed by atoms with Gasteiger partial charge in [-0.05, 0) is 39.3 Å². The number of benzene rings is 2. The Labute approximate surface area is 128 Å². The fourth-order valence-corrected chi connectivity index (χ4v) is 2.50. The van der Waals surface area contributed by atoms with Crippen LogP contribution in [-0.4, -0.2) is 6.10 Å². The number of hydrogen-bond donors (Lipinski definition) is 1. The lowest BCUT2D eigenvalue weighted by atomic mass is 10.0. The van der Waals surface area contributed by atoms with Gasteiger partial charge < -0.3 is 10.1 Å². The number of rotatable bonds is 6. The Morgan fingerprint density at radius 1 is 0.762 bits per heavy atom. The third kappa shape index (κ3) is 4.33. The van der Waals surface area contributed by atoms with Gasteiger partial charge in [0.1, 0.15) is 5.75 Å². The van der Waals surface area contributed by atoms with Crippen molar-refractivity contribution in [2.24, 2.45) is 0 Å². The van der Waals surface area contributed by atoms with Crippen molar-refractivity contribution in [3.05, 3.63) is 65.7 Å². The molecule has 0 aliphatic carbocycles. The highest BCUT2D eigenvalue weighted by molar-refractivity contribution is 5.36. The highest BCUT2D eigenvalue weighted by Gasteiger charge is 2.15. The molecular weight excluding hydrogens is 258 g/mol. The van der Waals surface area contributed by atoms with Crippen LogP contribution in [0, 0.1) is 0 Å². The van der Waals surface area contributed by atoms with Crippen LogP contribution in [0.5, 0.6) is 5.75 Å². The standard InChI is InChI=1S/C19H25NO/c1-14(2)21-19-13-9-8-12-18(19)16(4)20-15(3)17-10-6-5-7-11-17/h5-16,20H,1-4H3. The molecule has 0 fully saturated rings. The normalized spacial score (nSPS) is 14.0. The van der Waals surface area contributed by atoms with E-state index in [-0.39, 0.29) is 12.1 Å². The number of nitrogens with one attached hydrogen (secondary N) is 1. The Morgan fingerprint density at radius 2 is 1.38 bits per heavy atom. The van der Waals surface area contributed by atoms with Crippen LogP contribution in [0.1, 0.15) is 50.9 Å². The zero-order valence-corrected chi connectivity index (χ0v) is 13.3. The molecule has 0 heterocycles. The van der Waals surface area contributed by atoms with Gasteiger partial charge in [-0.1, -0.05) is 48.5 Å². The van der Waals surface area contributed by atoms with Crippen LogP contribution in [0.25, 0.3) is 0 Å². The predicted octanol–water partition coefficient (Wildman–Crippen LogP) is 4.89. The zero-order valence-electron chi connectivity index (χ0n) is 13.3. The highest BCUT2D eigenvalue weighted by Crippen LogP contribution is 2.27. The largest absolute Gasteiger partial charge is 0.491 e. The van der Waals surface area contributed by atoms with Crippen molar-refractivity contribution >= 4 is 0 Å². The van der Waals surface area contributed by atoms with Crippen LogP contribution in [0.3, 0.4) is 0 Å². The summed E-state index contributed by atoms with van der Waals surface area (Å²) >= 11 is 0. The molecule has 0 bridgehead atoms. The highest BCUT2D eigenvalue weighted by atomic mass is 16.5. The van der Waals surface area contributed by atoms with Crippen molar-refractivity contribution in [2.75, 3.05) is 0 Å². The number of ether oxygens (including phenoxy) is 1. The van der Waals surface area contributed by atoms with Crippen molar-refractivity contribution in [3.8, 4) is 5.75 Å². The van der Waals surface area contributed by atoms with Crippen molar-refractivity contribution < 1.29 is 4.74 Å². The summed E-state index contributed by atoms with van der Waals surface area (Å²) in [6.07, 6.45) is 0.185. The minimum Gasteiger partial charge on any atom is -0.491 e. The van der Waals surface area contributed by atoms with Crippen molar-refractivity contribution in [1.29, 1.82) is 0 Å². The summed E-state index contributed by atoms with van der Waals surface area (Å²) in [6.45, 7) is 8.49. The van der Waals surface area contributed by atoms with Crippen molar-refractivity contribution in [2.45, 2.75) is 45.9 Å². The van der Waals surface area contributed by atoms with Gasteiger partial charge in [0.2, 0.25) is 0 Å². The molecule has 2 nitrogen and oxygen atoms in total. The van der Waals surface area contributed by atoms with Gasteiger partial charge in [-0.15, -0.1) is 0 Å². The Morgan fingerprint density at radius 3 is 2.05 bits per heavy atom. The molecule has 2 heteroatoms. The fourth-order valence-electron chi connectivity index (χ4n) is 2.50. The van der Waals surface area contributed by atoms with E-state index in [1.165, 1.54) is 11.1 Å². The zero-order chi connectivity index (χ0) is 15.2. The minimum atomic E-state index is 0.185. The predicted molar refractivity (Wildman–Crippen MR) is 88.6 cm³/mol. The molecule has 0 saturated heterocycles. The molecule has 0 amide bonds. The summed E-state index contributed by atoms with van der Waals surface area (Å²) in [5, 5.41) is 3.65. The quantitative estimate of drug-likeness (QED) is 0.815. The molecule has 0 aliphatic rings. The van der Waals surface area contributed by atoms with Crippen molar-refractivity contribution in [3.63, 3.8) is 0 Å². The van der Waals surface area contributed by atoms with Gasteiger partial charge in [0.05, 0.1) is 6.10 Å².